The normalized spacial score (nSPS) is 19.8. The van der Waals surface area contributed by atoms with Crippen LogP contribution in [0.5, 0.6) is 0 Å². The number of aromatic nitrogens is 2. The lowest BCUT2D eigenvalue weighted by atomic mass is 10.2. The molecule has 1 atom stereocenters. The van der Waals surface area contributed by atoms with E-state index in [-0.39, 0.29) is 16.8 Å². The molecule has 2 amide bonds. The van der Waals surface area contributed by atoms with Crippen LogP contribution in [0.25, 0.3) is 0 Å². The summed E-state index contributed by atoms with van der Waals surface area (Å²) in [6.07, 6.45) is 2.86. The molecule has 2 aromatic rings. The van der Waals surface area contributed by atoms with E-state index in [1.165, 1.54) is 23.5 Å². The standard InChI is InChI=1S/C17H17ClFN5O2S/c18-11-9-10(19)5-6-12(11)20-15(26)13-3-1-7-23(13)16-21-22-17(27-16)24-8-2-4-14(24)25/h5-6,9,13H,1-4,7-8H2,(H,20,26). The van der Waals surface area contributed by atoms with Crippen molar-refractivity contribution in [3.8, 4) is 0 Å². The van der Waals surface area contributed by atoms with Crippen molar-refractivity contribution in [3.63, 3.8) is 0 Å². The quantitative estimate of drug-likeness (QED) is 0.839. The van der Waals surface area contributed by atoms with E-state index in [1.807, 2.05) is 4.90 Å². The first-order valence-corrected chi connectivity index (χ1v) is 9.89. The smallest absolute Gasteiger partial charge is 0.247 e. The van der Waals surface area contributed by atoms with Crippen LogP contribution in [0.2, 0.25) is 5.02 Å². The second-order valence-electron chi connectivity index (χ2n) is 6.48. The second-order valence-corrected chi connectivity index (χ2v) is 7.82. The number of benzene rings is 1. The van der Waals surface area contributed by atoms with Gasteiger partial charge in [0.2, 0.25) is 22.1 Å². The molecule has 7 nitrogen and oxygen atoms in total. The minimum Gasteiger partial charge on any atom is -0.335 e. The van der Waals surface area contributed by atoms with Gasteiger partial charge in [-0.25, -0.2) is 4.39 Å². The third kappa shape index (κ3) is 3.61. The predicted molar refractivity (Wildman–Crippen MR) is 102 cm³/mol. The Labute approximate surface area is 164 Å². The van der Waals surface area contributed by atoms with E-state index >= 15 is 0 Å². The summed E-state index contributed by atoms with van der Waals surface area (Å²) >= 11 is 7.31. The third-order valence-electron chi connectivity index (χ3n) is 4.70. The van der Waals surface area contributed by atoms with Crippen LogP contribution >= 0.6 is 22.9 Å². The highest BCUT2D eigenvalue weighted by molar-refractivity contribution is 7.19. The van der Waals surface area contributed by atoms with E-state index in [4.69, 9.17) is 11.6 Å². The number of carbonyl (C=O) groups is 2. The number of hydrogen-bond donors (Lipinski definition) is 1. The zero-order valence-electron chi connectivity index (χ0n) is 14.3. The molecule has 2 saturated heterocycles. The molecule has 0 aliphatic carbocycles. The first-order valence-electron chi connectivity index (χ1n) is 8.69. The van der Waals surface area contributed by atoms with Crippen LogP contribution in [-0.4, -0.2) is 41.1 Å². The molecule has 1 N–H and O–H groups in total. The Morgan fingerprint density at radius 1 is 1.26 bits per heavy atom. The zero-order chi connectivity index (χ0) is 19.0. The molecule has 1 unspecified atom stereocenters. The van der Waals surface area contributed by atoms with Gasteiger partial charge in [0.05, 0.1) is 10.7 Å². The van der Waals surface area contributed by atoms with E-state index < -0.39 is 11.9 Å². The molecule has 1 aromatic heterocycles. The molecule has 1 aromatic carbocycles. The predicted octanol–water partition coefficient (Wildman–Crippen LogP) is 3.06. The molecule has 2 aliphatic rings. The molecule has 0 spiro atoms. The van der Waals surface area contributed by atoms with E-state index in [9.17, 15) is 14.0 Å². The maximum Gasteiger partial charge on any atom is 0.247 e. The number of nitrogens with zero attached hydrogens (tertiary/aromatic N) is 4. The van der Waals surface area contributed by atoms with E-state index in [0.717, 1.165) is 18.9 Å². The summed E-state index contributed by atoms with van der Waals surface area (Å²) in [4.78, 5) is 28.2. The summed E-state index contributed by atoms with van der Waals surface area (Å²) < 4.78 is 13.2. The van der Waals surface area contributed by atoms with Crippen LogP contribution in [0.3, 0.4) is 0 Å². The second kappa shape index (κ2) is 7.40. The van der Waals surface area contributed by atoms with Crippen molar-refractivity contribution in [1.29, 1.82) is 0 Å². The Hall–Kier alpha value is -2.26. The summed E-state index contributed by atoms with van der Waals surface area (Å²) in [5, 5.41) is 12.4. The maximum absolute atomic E-state index is 13.2. The van der Waals surface area contributed by atoms with Gasteiger partial charge in [0.15, 0.2) is 0 Å². The number of hydrogen-bond acceptors (Lipinski definition) is 6. The zero-order valence-corrected chi connectivity index (χ0v) is 15.9. The first kappa shape index (κ1) is 18.1. The third-order valence-corrected chi connectivity index (χ3v) is 5.99. The molecule has 4 rings (SSSR count). The van der Waals surface area contributed by atoms with Crippen LogP contribution < -0.4 is 15.1 Å². The highest BCUT2D eigenvalue weighted by Crippen LogP contribution is 2.34. The van der Waals surface area contributed by atoms with Crippen molar-refractivity contribution in [3.05, 3.63) is 29.0 Å². The van der Waals surface area contributed by atoms with Crippen LogP contribution in [0.15, 0.2) is 18.2 Å². The summed E-state index contributed by atoms with van der Waals surface area (Å²) in [6, 6.07) is 3.43. The minimum absolute atomic E-state index is 0.0550. The Bertz CT molecular complexity index is 892. The molecular weight excluding hydrogens is 393 g/mol. The topological polar surface area (TPSA) is 78.4 Å². The molecule has 2 aliphatic heterocycles. The summed E-state index contributed by atoms with van der Waals surface area (Å²) in [5.41, 5.74) is 0.371. The molecule has 142 valence electrons. The molecule has 0 bridgehead atoms. The Morgan fingerprint density at radius 2 is 2.07 bits per heavy atom. The van der Waals surface area contributed by atoms with E-state index in [0.29, 0.717) is 41.9 Å². The van der Waals surface area contributed by atoms with Gasteiger partial charge in [0.1, 0.15) is 11.9 Å². The number of amides is 2. The van der Waals surface area contributed by atoms with Gasteiger partial charge in [-0.3, -0.25) is 14.5 Å². The van der Waals surface area contributed by atoms with Gasteiger partial charge in [-0.05, 0) is 37.5 Å². The van der Waals surface area contributed by atoms with Crippen molar-refractivity contribution in [1.82, 2.24) is 10.2 Å². The van der Waals surface area contributed by atoms with E-state index in [1.54, 1.807) is 4.90 Å². The molecule has 10 heteroatoms. The number of rotatable bonds is 4. The number of nitrogens with one attached hydrogen (secondary N) is 1. The average Bonchev–Trinajstić information content (AvgIpc) is 3.36. The highest BCUT2D eigenvalue weighted by atomic mass is 35.5. The SMILES string of the molecule is O=C(Nc1ccc(F)cc1Cl)C1CCCN1c1nnc(N2CCCC2=O)s1. The fourth-order valence-corrected chi connectivity index (χ4v) is 4.54. The lowest BCUT2D eigenvalue weighted by Gasteiger charge is -2.23. The lowest BCUT2D eigenvalue weighted by Crippen LogP contribution is -2.39. The van der Waals surface area contributed by atoms with E-state index in [2.05, 4.69) is 15.5 Å². The maximum atomic E-state index is 13.2. The summed E-state index contributed by atoms with van der Waals surface area (Å²) in [5.74, 6) is -0.632. The Morgan fingerprint density at radius 3 is 2.81 bits per heavy atom. The van der Waals surface area contributed by atoms with Crippen LogP contribution in [-0.2, 0) is 9.59 Å². The van der Waals surface area contributed by atoms with Gasteiger partial charge >= 0.3 is 0 Å². The first-order chi connectivity index (χ1) is 13.0. The fraction of sp³-hybridized carbons (Fsp3) is 0.412. The van der Waals surface area contributed by atoms with Crippen LogP contribution in [0.1, 0.15) is 25.7 Å². The molecule has 27 heavy (non-hydrogen) atoms. The van der Waals surface area contributed by atoms with Gasteiger partial charge in [0, 0.05) is 19.5 Å². The van der Waals surface area contributed by atoms with Crippen molar-refractivity contribution in [2.45, 2.75) is 31.7 Å². The summed E-state index contributed by atoms with van der Waals surface area (Å²) in [7, 11) is 0. The average molecular weight is 410 g/mol. The van der Waals surface area contributed by atoms with Crippen molar-refractivity contribution in [2.75, 3.05) is 28.2 Å². The van der Waals surface area contributed by atoms with Crippen molar-refractivity contribution < 1.29 is 14.0 Å². The molecular formula is C17H17ClFN5O2S. The fourth-order valence-electron chi connectivity index (χ4n) is 3.36. The largest absolute Gasteiger partial charge is 0.335 e. The van der Waals surface area contributed by atoms with Gasteiger partial charge in [-0.15, -0.1) is 10.2 Å². The number of anilines is 3. The summed E-state index contributed by atoms with van der Waals surface area (Å²) in [6.45, 7) is 1.33. The molecule has 0 saturated carbocycles. The minimum atomic E-state index is -0.460. The number of halogens is 2. The Balaban J connectivity index is 1.49. The van der Waals surface area contributed by atoms with Gasteiger partial charge in [0.25, 0.3) is 0 Å². The van der Waals surface area contributed by atoms with Gasteiger partial charge in [-0.1, -0.05) is 22.9 Å². The lowest BCUT2D eigenvalue weighted by molar-refractivity contribution is -0.117. The van der Waals surface area contributed by atoms with Gasteiger partial charge < -0.3 is 10.2 Å². The molecule has 3 heterocycles. The Kier molecular flexibility index (Phi) is 4.96. The van der Waals surface area contributed by atoms with Crippen LogP contribution in [0.4, 0.5) is 20.3 Å². The van der Waals surface area contributed by atoms with Crippen LogP contribution in [0, 0.1) is 5.82 Å². The monoisotopic (exact) mass is 409 g/mol. The molecule has 0 radical (unpaired) electrons. The van der Waals surface area contributed by atoms with Crippen molar-refractivity contribution in [2.24, 2.45) is 0 Å². The highest BCUT2D eigenvalue weighted by Gasteiger charge is 2.34. The van der Waals surface area contributed by atoms with Crippen molar-refractivity contribution >= 4 is 50.7 Å². The molecule has 2 fully saturated rings. The number of carbonyl (C=O) groups excluding carboxylic acids is 2. The van der Waals surface area contributed by atoms with Gasteiger partial charge in [-0.2, -0.15) is 0 Å².